The van der Waals surface area contributed by atoms with Crippen LogP contribution in [0.15, 0.2) is 34.7 Å². The van der Waals surface area contributed by atoms with Crippen LogP contribution in [0.2, 0.25) is 0 Å². The molecule has 0 amide bonds. The Morgan fingerprint density at radius 1 is 1.33 bits per heavy atom. The van der Waals surface area contributed by atoms with Gasteiger partial charge in [-0.25, -0.2) is 4.98 Å². The Balaban J connectivity index is 2.14. The van der Waals surface area contributed by atoms with Gasteiger partial charge in [-0.1, -0.05) is 45.0 Å². The molecule has 2 aromatic rings. The summed E-state index contributed by atoms with van der Waals surface area (Å²) in [7, 11) is 0. The van der Waals surface area contributed by atoms with E-state index in [1.54, 1.807) is 17.6 Å². The minimum Gasteiger partial charge on any atom is -0.375 e. The Bertz CT molecular complexity index is 651. The molecule has 4 nitrogen and oxygen atoms in total. The second-order valence-electron chi connectivity index (χ2n) is 5.64. The lowest BCUT2D eigenvalue weighted by molar-refractivity contribution is 0.573. The molecule has 0 atom stereocenters. The molecule has 0 bridgehead atoms. The summed E-state index contributed by atoms with van der Waals surface area (Å²) in [4.78, 5) is 4.71. The molecule has 6 heteroatoms. The van der Waals surface area contributed by atoms with Gasteiger partial charge in [0.1, 0.15) is 5.01 Å². The number of hydrogen-bond donors (Lipinski definition) is 2. The van der Waals surface area contributed by atoms with Crippen LogP contribution in [0.3, 0.4) is 0 Å². The number of nitrogens with one attached hydrogen (secondary N) is 1. The number of nitrogens with zero attached hydrogens (tertiary/aromatic N) is 2. The van der Waals surface area contributed by atoms with Crippen LogP contribution in [0.4, 0.5) is 0 Å². The monoisotopic (exact) mass is 318 g/mol. The van der Waals surface area contributed by atoms with Crippen molar-refractivity contribution in [2.45, 2.75) is 26.2 Å². The fourth-order valence-electron chi connectivity index (χ4n) is 1.63. The molecule has 0 aliphatic carbocycles. The van der Waals surface area contributed by atoms with Gasteiger partial charge >= 0.3 is 0 Å². The maximum atomic E-state index is 5.29. The molecule has 0 spiro atoms. The summed E-state index contributed by atoms with van der Waals surface area (Å²) in [6.45, 7) is 6.50. The zero-order chi connectivity index (χ0) is 15.5. The number of benzene rings is 1. The largest absolute Gasteiger partial charge is 0.375 e. The molecule has 1 aromatic carbocycles. The van der Waals surface area contributed by atoms with Crippen molar-refractivity contribution < 1.29 is 0 Å². The van der Waals surface area contributed by atoms with Crippen LogP contribution in [0.5, 0.6) is 0 Å². The fourth-order valence-corrected chi connectivity index (χ4v) is 2.74. The van der Waals surface area contributed by atoms with Crippen LogP contribution in [0.25, 0.3) is 10.6 Å². The van der Waals surface area contributed by atoms with Crippen LogP contribution in [-0.4, -0.2) is 16.3 Å². The van der Waals surface area contributed by atoms with Crippen LogP contribution in [-0.2, 0) is 5.41 Å². The second kappa shape index (κ2) is 6.32. The summed E-state index contributed by atoms with van der Waals surface area (Å²) in [5, 5.41) is 7.23. The van der Waals surface area contributed by atoms with Crippen molar-refractivity contribution in [1.82, 2.24) is 10.4 Å². The van der Waals surface area contributed by atoms with Crippen LogP contribution in [0.1, 0.15) is 32.0 Å². The molecular formula is C15H18N4S2. The topological polar surface area (TPSA) is 63.3 Å². The molecule has 0 saturated carbocycles. The van der Waals surface area contributed by atoms with E-state index in [1.807, 2.05) is 24.3 Å². The van der Waals surface area contributed by atoms with Crippen molar-refractivity contribution in [1.29, 1.82) is 0 Å². The van der Waals surface area contributed by atoms with Crippen molar-refractivity contribution in [3.05, 3.63) is 40.9 Å². The van der Waals surface area contributed by atoms with Gasteiger partial charge in [0.2, 0.25) is 0 Å². The lowest BCUT2D eigenvalue weighted by atomic mass is 9.93. The fraction of sp³-hybridized carbons (Fsp3) is 0.267. The van der Waals surface area contributed by atoms with Crippen LogP contribution in [0, 0.1) is 0 Å². The standard InChI is InChI=1S/C15H18N4S2/c1-15(2,3)12-9-21-13(18-12)11-6-4-10(5-7-11)8-17-19-14(16)20/h4-9H,1-3H3,(H3,16,19,20). The summed E-state index contributed by atoms with van der Waals surface area (Å²) < 4.78 is 0. The van der Waals surface area contributed by atoms with Crippen molar-refractivity contribution >= 4 is 34.9 Å². The van der Waals surface area contributed by atoms with E-state index in [1.165, 1.54) is 0 Å². The van der Waals surface area contributed by atoms with Crippen molar-refractivity contribution in [3.8, 4) is 10.6 Å². The molecular weight excluding hydrogens is 300 g/mol. The third-order valence-corrected chi connectivity index (χ3v) is 3.80. The molecule has 0 aliphatic rings. The minimum absolute atomic E-state index is 0.0770. The summed E-state index contributed by atoms with van der Waals surface area (Å²) in [5.74, 6) is 0. The van der Waals surface area contributed by atoms with Crippen molar-refractivity contribution in [2.24, 2.45) is 10.8 Å². The maximum Gasteiger partial charge on any atom is 0.184 e. The number of nitrogens with two attached hydrogens (primary N) is 1. The molecule has 0 fully saturated rings. The normalized spacial score (nSPS) is 11.8. The number of hydrazone groups is 1. The van der Waals surface area contributed by atoms with Crippen LogP contribution < -0.4 is 11.2 Å². The molecule has 3 N–H and O–H groups in total. The summed E-state index contributed by atoms with van der Waals surface area (Å²) >= 11 is 6.34. The highest BCUT2D eigenvalue weighted by Gasteiger charge is 2.17. The average Bonchev–Trinajstić information content (AvgIpc) is 2.88. The van der Waals surface area contributed by atoms with E-state index in [0.29, 0.717) is 0 Å². The molecule has 0 radical (unpaired) electrons. The molecule has 1 aromatic heterocycles. The zero-order valence-electron chi connectivity index (χ0n) is 12.3. The Morgan fingerprint density at radius 3 is 2.52 bits per heavy atom. The first-order valence-electron chi connectivity index (χ1n) is 6.51. The van der Waals surface area contributed by atoms with E-state index < -0.39 is 0 Å². The quantitative estimate of drug-likeness (QED) is 0.518. The highest BCUT2D eigenvalue weighted by atomic mass is 32.1. The van der Waals surface area contributed by atoms with Crippen molar-refractivity contribution in [2.75, 3.05) is 0 Å². The van der Waals surface area contributed by atoms with Crippen LogP contribution >= 0.6 is 23.6 Å². The van der Waals surface area contributed by atoms with E-state index in [9.17, 15) is 0 Å². The first-order valence-corrected chi connectivity index (χ1v) is 7.80. The van der Waals surface area contributed by atoms with Crippen molar-refractivity contribution in [3.63, 3.8) is 0 Å². The highest BCUT2D eigenvalue weighted by Crippen LogP contribution is 2.29. The second-order valence-corrected chi connectivity index (χ2v) is 6.94. The Hall–Kier alpha value is -1.79. The predicted molar refractivity (Wildman–Crippen MR) is 93.8 cm³/mol. The first-order chi connectivity index (χ1) is 9.86. The summed E-state index contributed by atoms with van der Waals surface area (Å²) in [5.41, 5.74) is 11.1. The summed E-state index contributed by atoms with van der Waals surface area (Å²) in [6.07, 6.45) is 1.67. The van der Waals surface area contributed by atoms with Gasteiger partial charge in [0.15, 0.2) is 5.11 Å². The van der Waals surface area contributed by atoms with Gasteiger partial charge in [-0.3, -0.25) is 5.43 Å². The van der Waals surface area contributed by atoms with E-state index in [0.717, 1.165) is 21.8 Å². The number of aromatic nitrogens is 1. The Morgan fingerprint density at radius 2 is 2.00 bits per heavy atom. The first kappa shape index (κ1) is 15.6. The smallest absolute Gasteiger partial charge is 0.184 e. The Kier molecular flexibility index (Phi) is 4.69. The number of thiazole rings is 1. The zero-order valence-corrected chi connectivity index (χ0v) is 13.9. The van der Waals surface area contributed by atoms with Gasteiger partial charge in [-0.15, -0.1) is 11.3 Å². The predicted octanol–water partition coefficient (Wildman–Crippen LogP) is 3.27. The van der Waals surface area contributed by atoms with E-state index in [-0.39, 0.29) is 10.5 Å². The molecule has 1 heterocycles. The molecule has 2 rings (SSSR count). The molecule has 0 aliphatic heterocycles. The Labute approximate surface area is 134 Å². The molecule has 0 unspecified atom stereocenters. The van der Waals surface area contributed by atoms with Gasteiger partial charge in [0.05, 0.1) is 11.9 Å². The molecule has 0 saturated heterocycles. The third-order valence-electron chi connectivity index (χ3n) is 2.82. The SMILES string of the molecule is CC(C)(C)c1csc(-c2ccc(C=NNC(N)=S)cc2)n1. The van der Waals surface area contributed by atoms with E-state index in [4.69, 9.17) is 10.7 Å². The summed E-state index contributed by atoms with van der Waals surface area (Å²) in [6, 6.07) is 8.04. The van der Waals surface area contributed by atoms with E-state index in [2.05, 4.69) is 48.9 Å². The number of hydrogen-bond acceptors (Lipinski definition) is 4. The van der Waals surface area contributed by atoms with Gasteiger partial charge in [-0.05, 0) is 17.8 Å². The minimum atomic E-state index is 0.0770. The lowest BCUT2D eigenvalue weighted by Gasteiger charge is -2.14. The van der Waals surface area contributed by atoms with E-state index >= 15 is 0 Å². The molecule has 110 valence electrons. The third kappa shape index (κ3) is 4.34. The number of rotatable bonds is 3. The average molecular weight is 318 g/mol. The highest BCUT2D eigenvalue weighted by molar-refractivity contribution is 7.80. The lowest BCUT2D eigenvalue weighted by Crippen LogP contribution is -2.23. The van der Waals surface area contributed by atoms with Gasteiger partial charge in [0.25, 0.3) is 0 Å². The maximum absolute atomic E-state index is 5.29. The van der Waals surface area contributed by atoms with Gasteiger partial charge < -0.3 is 5.73 Å². The molecule has 21 heavy (non-hydrogen) atoms. The number of thiocarbonyl (C=S) groups is 1. The van der Waals surface area contributed by atoms with Gasteiger partial charge in [-0.2, -0.15) is 5.10 Å². The van der Waals surface area contributed by atoms with Gasteiger partial charge in [0, 0.05) is 16.4 Å².